The lowest BCUT2D eigenvalue weighted by molar-refractivity contribution is 0.102. The number of benzene rings is 1. The summed E-state index contributed by atoms with van der Waals surface area (Å²) in [5.74, 6) is 1.05. The summed E-state index contributed by atoms with van der Waals surface area (Å²) in [6, 6.07) is 9.80. The smallest absolute Gasteiger partial charge is 0.276 e. The lowest BCUT2D eigenvalue weighted by Crippen LogP contribution is -2.12. The second-order valence-electron chi connectivity index (χ2n) is 6.70. The third-order valence-corrected chi connectivity index (χ3v) is 4.61. The summed E-state index contributed by atoms with van der Waals surface area (Å²) in [6.45, 7) is 0. The Labute approximate surface area is 143 Å². The van der Waals surface area contributed by atoms with Crippen LogP contribution < -0.4 is 5.32 Å². The van der Waals surface area contributed by atoms with E-state index in [0.29, 0.717) is 23.3 Å². The molecular weight excluding hydrogens is 318 g/mol. The molecule has 0 atom stereocenters. The van der Waals surface area contributed by atoms with E-state index in [-0.39, 0.29) is 5.91 Å². The van der Waals surface area contributed by atoms with Crippen LogP contribution >= 0.6 is 0 Å². The van der Waals surface area contributed by atoms with Gasteiger partial charge in [0.1, 0.15) is 0 Å². The molecule has 2 aromatic heterocycles. The largest absolute Gasteiger partial charge is 0.321 e. The summed E-state index contributed by atoms with van der Waals surface area (Å²) in [7, 11) is 0. The van der Waals surface area contributed by atoms with E-state index in [9.17, 15) is 4.79 Å². The van der Waals surface area contributed by atoms with Crippen LogP contribution in [0.25, 0.3) is 11.4 Å². The number of tetrazole rings is 1. The molecule has 0 unspecified atom stereocenters. The average Bonchev–Trinajstić information content (AvgIpc) is 3.56. The molecule has 25 heavy (non-hydrogen) atoms. The molecule has 2 N–H and O–H groups in total. The van der Waals surface area contributed by atoms with Crippen molar-refractivity contribution in [3.05, 3.63) is 41.7 Å². The van der Waals surface area contributed by atoms with Gasteiger partial charge in [-0.3, -0.25) is 9.89 Å². The van der Waals surface area contributed by atoms with Crippen molar-refractivity contribution in [2.75, 3.05) is 5.32 Å². The highest BCUT2D eigenvalue weighted by Crippen LogP contribution is 2.39. The number of hydrogen-bond donors (Lipinski definition) is 2. The number of carbonyl (C=O) groups excluding carboxylic acids is 1. The summed E-state index contributed by atoms with van der Waals surface area (Å²) in [5, 5.41) is 22.0. The zero-order valence-electron chi connectivity index (χ0n) is 13.5. The topological polar surface area (TPSA) is 101 Å². The first-order valence-corrected chi connectivity index (χ1v) is 8.53. The molecule has 2 saturated carbocycles. The maximum atomic E-state index is 12.4. The molecule has 2 fully saturated rings. The van der Waals surface area contributed by atoms with Gasteiger partial charge in [-0.2, -0.15) is 5.10 Å². The first kappa shape index (κ1) is 14.3. The Kier molecular flexibility index (Phi) is 3.16. The molecule has 0 aliphatic heterocycles. The minimum Gasteiger partial charge on any atom is -0.321 e. The number of rotatable bonds is 5. The third-order valence-electron chi connectivity index (χ3n) is 4.61. The molecule has 126 valence electrons. The number of hydrogen-bond acceptors (Lipinski definition) is 5. The highest BCUT2D eigenvalue weighted by atomic mass is 16.1. The van der Waals surface area contributed by atoms with E-state index in [2.05, 4.69) is 31.0 Å². The fourth-order valence-electron chi connectivity index (χ4n) is 2.94. The normalized spacial score (nSPS) is 16.8. The van der Waals surface area contributed by atoms with E-state index < -0.39 is 0 Å². The third kappa shape index (κ3) is 2.79. The van der Waals surface area contributed by atoms with Crippen LogP contribution in [-0.4, -0.2) is 36.3 Å². The molecule has 1 aromatic carbocycles. The number of H-pyrrole nitrogens is 1. The molecule has 5 rings (SSSR count). The Balaban J connectivity index is 1.37. The quantitative estimate of drug-likeness (QED) is 0.746. The maximum absolute atomic E-state index is 12.4. The van der Waals surface area contributed by atoms with Crippen LogP contribution in [0.5, 0.6) is 0 Å². The van der Waals surface area contributed by atoms with Gasteiger partial charge in [-0.05, 0) is 54.3 Å². The van der Waals surface area contributed by atoms with Crippen LogP contribution in [0, 0.1) is 0 Å². The number of nitrogens with one attached hydrogen (secondary N) is 2. The van der Waals surface area contributed by atoms with Gasteiger partial charge >= 0.3 is 0 Å². The molecular formula is C17H17N7O. The molecule has 0 saturated heterocycles. The summed E-state index contributed by atoms with van der Waals surface area (Å²) in [4.78, 5) is 12.4. The Morgan fingerprint density at radius 3 is 2.88 bits per heavy atom. The van der Waals surface area contributed by atoms with Crippen molar-refractivity contribution < 1.29 is 4.79 Å². The SMILES string of the molecule is O=C(Nc1cccc(-c2nnnn2C2CC2)c1)c1cc(C2CC2)[nH]n1. The number of anilines is 1. The average molecular weight is 335 g/mol. The molecule has 3 aromatic rings. The van der Waals surface area contributed by atoms with Gasteiger partial charge in [-0.15, -0.1) is 5.10 Å². The van der Waals surface area contributed by atoms with Gasteiger partial charge in [-0.25, -0.2) is 4.68 Å². The van der Waals surface area contributed by atoms with E-state index in [1.54, 1.807) is 0 Å². The Morgan fingerprint density at radius 2 is 2.08 bits per heavy atom. The van der Waals surface area contributed by atoms with E-state index in [1.165, 1.54) is 12.8 Å². The van der Waals surface area contributed by atoms with E-state index in [1.807, 2.05) is 35.0 Å². The predicted molar refractivity (Wildman–Crippen MR) is 90.0 cm³/mol. The fraction of sp³-hybridized carbons (Fsp3) is 0.353. The molecule has 2 aliphatic rings. The highest BCUT2D eigenvalue weighted by molar-refractivity contribution is 6.03. The van der Waals surface area contributed by atoms with Gasteiger partial charge < -0.3 is 5.32 Å². The van der Waals surface area contributed by atoms with Gasteiger partial charge in [0, 0.05) is 22.9 Å². The number of aromatic nitrogens is 6. The second kappa shape index (κ2) is 5.51. The Hall–Kier alpha value is -3.03. The van der Waals surface area contributed by atoms with Gasteiger partial charge in [0.25, 0.3) is 5.91 Å². The minimum atomic E-state index is -0.220. The molecule has 0 bridgehead atoms. The number of aromatic amines is 1. The molecule has 0 radical (unpaired) electrons. The number of carbonyl (C=O) groups is 1. The van der Waals surface area contributed by atoms with Crippen molar-refractivity contribution in [1.29, 1.82) is 0 Å². The van der Waals surface area contributed by atoms with E-state index in [0.717, 1.165) is 29.9 Å². The van der Waals surface area contributed by atoms with E-state index >= 15 is 0 Å². The van der Waals surface area contributed by atoms with Crippen LogP contribution in [0.2, 0.25) is 0 Å². The summed E-state index contributed by atoms with van der Waals surface area (Å²) >= 11 is 0. The second-order valence-corrected chi connectivity index (χ2v) is 6.70. The van der Waals surface area contributed by atoms with Crippen molar-refractivity contribution in [2.45, 2.75) is 37.6 Å². The maximum Gasteiger partial charge on any atom is 0.276 e. The zero-order valence-corrected chi connectivity index (χ0v) is 13.5. The Morgan fingerprint density at radius 1 is 1.20 bits per heavy atom. The van der Waals surface area contributed by atoms with Crippen LogP contribution in [0.15, 0.2) is 30.3 Å². The highest BCUT2D eigenvalue weighted by Gasteiger charge is 2.28. The van der Waals surface area contributed by atoms with Crippen molar-refractivity contribution >= 4 is 11.6 Å². The molecule has 8 nitrogen and oxygen atoms in total. The van der Waals surface area contributed by atoms with Crippen LogP contribution in [0.3, 0.4) is 0 Å². The summed E-state index contributed by atoms with van der Waals surface area (Å²) in [6.07, 6.45) is 4.55. The lowest BCUT2D eigenvalue weighted by atomic mass is 10.2. The van der Waals surface area contributed by atoms with Crippen molar-refractivity contribution in [1.82, 2.24) is 30.4 Å². The van der Waals surface area contributed by atoms with Crippen LogP contribution in [-0.2, 0) is 0 Å². The standard InChI is InChI=1S/C17H17N7O/c25-17(15-9-14(19-20-15)10-4-5-10)18-12-3-1-2-11(8-12)16-21-22-23-24(16)13-6-7-13/h1-3,8-10,13H,4-7H2,(H,18,25)(H,19,20). The van der Waals surface area contributed by atoms with Gasteiger partial charge in [0.05, 0.1) is 6.04 Å². The molecule has 2 aliphatic carbocycles. The van der Waals surface area contributed by atoms with Gasteiger partial charge in [0.15, 0.2) is 11.5 Å². The predicted octanol–water partition coefficient (Wildman–Crippen LogP) is 2.53. The van der Waals surface area contributed by atoms with Crippen molar-refractivity contribution in [3.63, 3.8) is 0 Å². The molecule has 0 spiro atoms. The van der Waals surface area contributed by atoms with Crippen LogP contribution in [0.4, 0.5) is 5.69 Å². The van der Waals surface area contributed by atoms with Crippen molar-refractivity contribution in [2.24, 2.45) is 0 Å². The fourth-order valence-corrected chi connectivity index (χ4v) is 2.94. The lowest BCUT2D eigenvalue weighted by Gasteiger charge is -2.06. The molecule has 1 amide bonds. The first-order chi connectivity index (χ1) is 12.3. The summed E-state index contributed by atoms with van der Waals surface area (Å²) < 4.78 is 1.86. The van der Waals surface area contributed by atoms with E-state index in [4.69, 9.17) is 0 Å². The zero-order chi connectivity index (χ0) is 16.8. The minimum absolute atomic E-state index is 0.220. The summed E-state index contributed by atoms with van der Waals surface area (Å²) in [5.41, 5.74) is 3.04. The molecule has 8 heteroatoms. The number of amides is 1. The van der Waals surface area contributed by atoms with Crippen LogP contribution in [0.1, 0.15) is 53.8 Å². The Bertz CT molecular complexity index is 936. The monoisotopic (exact) mass is 335 g/mol. The van der Waals surface area contributed by atoms with Crippen molar-refractivity contribution in [3.8, 4) is 11.4 Å². The molecule has 2 heterocycles. The number of nitrogens with zero attached hydrogens (tertiary/aromatic N) is 5. The van der Waals surface area contributed by atoms with Gasteiger partial charge in [-0.1, -0.05) is 12.1 Å². The first-order valence-electron chi connectivity index (χ1n) is 8.53. The van der Waals surface area contributed by atoms with Gasteiger partial charge in [0.2, 0.25) is 0 Å².